The van der Waals surface area contributed by atoms with E-state index in [0.717, 1.165) is 20.0 Å². The zero-order chi connectivity index (χ0) is 17.1. The minimum atomic E-state index is -5.79. The number of rotatable bonds is 5. The lowest BCUT2D eigenvalue weighted by Gasteiger charge is -2.31. The number of allylic oxidation sites excluding steroid dienone is 1. The molecular formula is C13H19F3O5S. The first-order valence-corrected chi connectivity index (χ1v) is 8.25. The zero-order valence-electron chi connectivity index (χ0n) is 12.6. The smallest absolute Gasteiger partial charge is 0.466 e. The van der Waals surface area contributed by atoms with Gasteiger partial charge in [-0.3, -0.25) is 0 Å². The van der Waals surface area contributed by atoms with E-state index < -0.39 is 27.4 Å². The lowest BCUT2D eigenvalue weighted by molar-refractivity contribution is -0.136. The molecule has 0 saturated heterocycles. The van der Waals surface area contributed by atoms with E-state index in [1.807, 2.05) is 6.92 Å². The summed E-state index contributed by atoms with van der Waals surface area (Å²) < 4.78 is 68.4. The molecule has 0 radical (unpaired) electrons. The van der Waals surface area contributed by atoms with E-state index >= 15 is 0 Å². The van der Waals surface area contributed by atoms with Gasteiger partial charge in [-0.05, 0) is 18.3 Å². The van der Waals surface area contributed by atoms with Crippen molar-refractivity contribution in [2.45, 2.75) is 45.0 Å². The predicted octanol–water partition coefficient (Wildman–Crippen LogP) is 3.13. The van der Waals surface area contributed by atoms with Crippen molar-refractivity contribution in [1.82, 2.24) is 0 Å². The maximum absolute atomic E-state index is 12.4. The van der Waals surface area contributed by atoms with Crippen molar-refractivity contribution in [2.75, 3.05) is 7.11 Å². The molecule has 0 spiro atoms. The highest BCUT2D eigenvalue weighted by Crippen LogP contribution is 2.39. The number of esters is 1. The molecule has 9 heteroatoms. The quantitative estimate of drug-likeness (QED) is 0.435. The van der Waals surface area contributed by atoms with Crippen LogP contribution in [-0.4, -0.2) is 27.0 Å². The summed E-state index contributed by atoms with van der Waals surface area (Å²) in [4.78, 5) is 11.7. The summed E-state index contributed by atoms with van der Waals surface area (Å²) in [5, 5.41) is 0. The van der Waals surface area contributed by atoms with Crippen LogP contribution in [0.15, 0.2) is 11.3 Å². The van der Waals surface area contributed by atoms with Crippen molar-refractivity contribution < 1.29 is 35.3 Å². The number of hydrogen-bond donors (Lipinski definition) is 0. The summed E-state index contributed by atoms with van der Waals surface area (Å²) in [7, 11) is -4.71. The Kier molecular flexibility index (Phi) is 5.89. The molecule has 128 valence electrons. The lowest BCUT2D eigenvalue weighted by atomic mass is 9.77. The van der Waals surface area contributed by atoms with Crippen molar-refractivity contribution in [3.05, 3.63) is 11.3 Å². The average Bonchev–Trinajstić information content (AvgIpc) is 2.39. The first-order valence-electron chi connectivity index (χ1n) is 6.84. The standard InChI is InChI=1S/C13H19F3O5S/c1-4-5-9-7-10(12(17)20-3)11(6-8(9)2)21-22(18,19)13(14,15)16/h8-9H,4-7H2,1-3H3. The van der Waals surface area contributed by atoms with Crippen LogP contribution < -0.4 is 0 Å². The molecule has 5 nitrogen and oxygen atoms in total. The fourth-order valence-electron chi connectivity index (χ4n) is 2.50. The topological polar surface area (TPSA) is 69.7 Å². The van der Waals surface area contributed by atoms with Crippen molar-refractivity contribution in [3.63, 3.8) is 0 Å². The van der Waals surface area contributed by atoms with Gasteiger partial charge in [0.25, 0.3) is 0 Å². The van der Waals surface area contributed by atoms with Crippen molar-refractivity contribution in [1.29, 1.82) is 0 Å². The van der Waals surface area contributed by atoms with Crippen LogP contribution in [0.3, 0.4) is 0 Å². The Morgan fingerprint density at radius 2 is 1.91 bits per heavy atom. The second kappa shape index (κ2) is 6.89. The number of ether oxygens (including phenoxy) is 1. The SMILES string of the molecule is CCCC1CC(C(=O)OC)=C(OS(=O)(=O)C(F)(F)F)CC1C. The Morgan fingerprint density at radius 1 is 1.32 bits per heavy atom. The van der Waals surface area contributed by atoms with Gasteiger partial charge in [0.15, 0.2) is 0 Å². The van der Waals surface area contributed by atoms with Gasteiger partial charge in [0, 0.05) is 6.42 Å². The highest BCUT2D eigenvalue weighted by molar-refractivity contribution is 7.87. The molecular weight excluding hydrogens is 325 g/mol. The van der Waals surface area contributed by atoms with E-state index in [1.165, 1.54) is 0 Å². The molecule has 1 aliphatic rings. The monoisotopic (exact) mass is 344 g/mol. The largest absolute Gasteiger partial charge is 0.534 e. The summed E-state index contributed by atoms with van der Waals surface area (Å²) in [5.41, 5.74) is -5.67. The summed E-state index contributed by atoms with van der Waals surface area (Å²) in [5.74, 6) is -1.35. The summed E-state index contributed by atoms with van der Waals surface area (Å²) in [6.07, 6.45) is 1.72. The van der Waals surface area contributed by atoms with Crippen LogP contribution in [0.4, 0.5) is 13.2 Å². The molecule has 0 N–H and O–H groups in total. The Morgan fingerprint density at radius 3 is 2.36 bits per heavy atom. The van der Waals surface area contributed by atoms with Crippen LogP contribution in [0.1, 0.15) is 39.5 Å². The number of alkyl halides is 3. The van der Waals surface area contributed by atoms with Gasteiger partial charge in [-0.15, -0.1) is 0 Å². The van der Waals surface area contributed by atoms with Gasteiger partial charge in [-0.2, -0.15) is 21.6 Å². The first kappa shape index (κ1) is 18.8. The molecule has 1 aliphatic carbocycles. The molecule has 0 amide bonds. The van der Waals surface area contributed by atoms with Gasteiger partial charge in [-0.1, -0.05) is 26.7 Å². The molecule has 2 unspecified atom stereocenters. The third-order valence-corrected chi connectivity index (χ3v) is 4.69. The van der Waals surface area contributed by atoms with Crippen molar-refractivity contribution in [2.24, 2.45) is 11.8 Å². The normalized spacial score (nSPS) is 23.4. The number of hydrogen-bond acceptors (Lipinski definition) is 5. The highest BCUT2D eigenvalue weighted by atomic mass is 32.2. The van der Waals surface area contributed by atoms with Crippen molar-refractivity contribution >= 4 is 16.1 Å². The average molecular weight is 344 g/mol. The number of carbonyl (C=O) groups excluding carboxylic acids is 1. The first-order chi connectivity index (χ1) is 10.0. The van der Waals surface area contributed by atoms with Crippen LogP contribution in [0.25, 0.3) is 0 Å². The fourth-order valence-corrected chi connectivity index (χ4v) is 3.03. The third kappa shape index (κ3) is 4.15. The molecule has 0 bridgehead atoms. The molecule has 0 fully saturated rings. The minimum absolute atomic E-state index is 0.0512. The van der Waals surface area contributed by atoms with Crippen LogP contribution in [0.5, 0.6) is 0 Å². The van der Waals surface area contributed by atoms with Gasteiger partial charge >= 0.3 is 21.6 Å². The van der Waals surface area contributed by atoms with Crippen LogP contribution in [-0.2, 0) is 23.8 Å². The van der Waals surface area contributed by atoms with Gasteiger partial charge in [0.1, 0.15) is 5.76 Å². The second-order valence-electron chi connectivity index (χ2n) is 5.31. The summed E-state index contributed by atoms with van der Waals surface area (Å²) in [6, 6.07) is 0. The lowest BCUT2D eigenvalue weighted by Crippen LogP contribution is -2.30. The van der Waals surface area contributed by atoms with Crippen LogP contribution >= 0.6 is 0 Å². The molecule has 0 aromatic rings. The fraction of sp³-hybridized carbons (Fsp3) is 0.769. The zero-order valence-corrected chi connectivity index (χ0v) is 13.4. The van der Waals surface area contributed by atoms with E-state index in [2.05, 4.69) is 8.92 Å². The Labute approximate surface area is 127 Å². The minimum Gasteiger partial charge on any atom is -0.466 e. The second-order valence-corrected chi connectivity index (χ2v) is 6.85. The molecule has 1 rings (SSSR count). The Bertz CT molecular complexity index is 551. The summed E-state index contributed by atoms with van der Waals surface area (Å²) in [6.45, 7) is 3.74. The molecule has 2 atom stereocenters. The van der Waals surface area contributed by atoms with E-state index in [9.17, 15) is 26.4 Å². The van der Waals surface area contributed by atoms with E-state index in [0.29, 0.717) is 0 Å². The predicted molar refractivity (Wildman–Crippen MR) is 71.9 cm³/mol. The summed E-state index contributed by atoms with van der Waals surface area (Å²) >= 11 is 0. The van der Waals surface area contributed by atoms with Gasteiger partial charge in [0.2, 0.25) is 0 Å². The third-order valence-electron chi connectivity index (χ3n) is 3.70. The van der Waals surface area contributed by atoms with Gasteiger partial charge in [0.05, 0.1) is 12.7 Å². The Hall–Kier alpha value is -1.25. The van der Waals surface area contributed by atoms with Gasteiger partial charge in [-0.25, -0.2) is 4.79 Å². The highest BCUT2D eigenvalue weighted by Gasteiger charge is 2.49. The molecule has 0 aliphatic heterocycles. The van der Waals surface area contributed by atoms with Crippen LogP contribution in [0.2, 0.25) is 0 Å². The molecule has 0 heterocycles. The number of carbonyl (C=O) groups is 1. The Balaban J connectivity index is 3.18. The van der Waals surface area contributed by atoms with E-state index in [4.69, 9.17) is 0 Å². The van der Waals surface area contributed by atoms with Crippen LogP contribution in [0, 0.1) is 11.8 Å². The molecule has 0 aromatic heterocycles. The molecule has 0 saturated carbocycles. The number of halogens is 3. The maximum Gasteiger partial charge on any atom is 0.534 e. The van der Waals surface area contributed by atoms with Crippen molar-refractivity contribution in [3.8, 4) is 0 Å². The number of methoxy groups -OCH3 is 1. The maximum atomic E-state index is 12.4. The molecule has 0 aromatic carbocycles. The van der Waals surface area contributed by atoms with Gasteiger partial charge < -0.3 is 8.92 Å². The van der Waals surface area contributed by atoms with E-state index in [1.54, 1.807) is 6.92 Å². The van der Waals surface area contributed by atoms with E-state index in [-0.39, 0.29) is 30.3 Å². The molecule has 22 heavy (non-hydrogen) atoms.